The molecule has 0 spiro atoms. The Morgan fingerprint density at radius 1 is 1.12 bits per heavy atom. The van der Waals surface area contributed by atoms with Gasteiger partial charge >= 0.3 is 0 Å². The summed E-state index contributed by atoms with van der Waals surface area (Å²) in [7, 11) is 0. The third-order valence-electron chi connectivity index (χ3n) is 4.83. The van der Waals surface area contributed by atoms with Crippen molar-refractivity contribution in [1.29, 1.82) is 0 Å². The Bertz CT molecular complexity index is 733. The van der Waals surface area contributed by atoms with Crippen LogP contribution in [0.4, 0.5) is 0 Å². The van der Waals surface area contributed by atoms with Crippen molar-refractivity contribution in [2.24, 2.45) is 5.92 Å². The number of likely N-dealkylation sites (tertiary alicyclic amines) is 1. The molecule has 2 aliphatic rings. The fourth-order valence-electron chi connectivity index (χ4n) is 3.41. The van der Waals surface area contributed by atoms with E-state index in [4.69, 9.17) is 14.2 Å². The molecular formula is C20H23NO4. The number of aliphatic hydroxyl groups excluding tert-OH is 1. The molecule has 4 rings (SSSR count). The maximum absolute atomic E-state index is 9.31. The summed E-state index contributed by atoms with van der Waals surface area (Å²) >= 11 is 0. The van der Waals surface area contributed by atoms with Gasteiger partial charge in [0.05, 0.1) is 0 Å². The number of rotatable bonds is 6. The molecule has 5 heteroatoms. The Labute approximate surface area is 147 Å². The van der Waals surface area contributed by atoms with Crippen LogP contribution in [0.5, 0.6) is 17.2 Å². The van der Waals surface area contributed by atoms with Gasteiger partial charge < -0.3 is 19.3 Å². The summed E-state index contributed by atoms with van der Waals surface area (Å²) in [6, 6.07) is 14.1. The van der Waals surface area contributed by atoms with Gasteiger partial charge in [-0.3, -0.25) is 4.90 Å². The highest BCUT2D eigenvalue weighted by molar-refractivity contribution is 5.44. The van der Waals surface area contributed by atoms with Crippen molar-refractivity contribution in [2.75, 3.05) is 26.5 Å². The largest absolute Gasteiger partial charge is 0.489 e. The van der Waals surface area contributed by atoms with Crippen molar-refractivity contribution in [3.63, 3.8) is 0 Å². The van der Waals surface area contributed by atoms with Crippen LogP contribution in [-0.4, -0.2) is 36.5 Å². The van der Waals surface area contributed by atoms with E-state index in [2.05, 4.69) is 11.0 Å². The number of benzene rings is 2. The number of ether oxygens (including phenoxy) is 3. The van der Waals surface area contributed by atoms with E-state index in [1.54, 1.807) is 0 Å². The number of para-hydroxylation sites is 1. The van der Waals surface area contributed by atoms with Gasteiger partial charge in [-0.25, -0.2) is 0 Å². The summed E-state index contributed by atoms with van der Waals surface area (Å²) in [4.78, 5) is 2.38. The Morgan fingerprint density at radius 2 is 2.00 bits per heavy atom. The summed E-state index contributed by atoms with van der Waals surface area (Å²) in [6.45, 7) is 3.89. The van der Waals surface area contributed by atoms with E-state index in [-0.39, 0.29) is 13.4 Å². The van der Waals surface area contributed by atoms with E-state index >= 15 is 0 Å². The van der Waals surface area contributed by atoms with Crippen LogP contribution in [0.3, 0.4) is 0 Å². The van der Waals surface area contributed by atoms with Gasteiger partial charge in [0.1, 0.15) is 12.4 Å². The number of hydrogen-bond acceptors (Lipinski definition) is 5. The first kappa shape index (κ1) is 16.2. The molecule has 1 saturated heterocycles. The molecule has 1 fully saturated rings. The fraction of sp³-hybridized carbons (Fsp3) is 0.400. The van der Waals surface area contributed by atoms with Crippen LogP contribution in [-0.2, 0) is 13.2 Å². The molecule has 1 atom stereocenters. The number of aliphatic hydroxyl groups is 1. The summed E-state index contributed by atoms with van der Waals surface area (Å²) in [5, 5.41) is 9.31. The fourth-order valence-corrected chi connectivity index (χ4v) is 3.41. The summed E-state index contributed by atoms with van der Waals surface area (Å²) < 4.78 is 16.8. The van der Waals surface area contributed by atoms with E-state index in [9.17, 15) is 5.11 Å². The van der Waals surface area contributed by atoms with Gasteiger partial charge in [-0.2, -0.15) is 0 Å². The van der Waals surface area contributed by atoms with Crippen LogP contribution in [0.1, 0.15) is 17.5 Å². The van der Waals surface area contributed by atoms with Crippen molar-refractivity contribution in [1.82, 2.24) is 4.90 Å². The predicted molar refractivity (Wildman–Crippen MR) is 93.8 cm³/mol. The van der Waals surface area contributed by atoms with Gasteiger partial charge in [0.15, 0.2) is 11.5 Å². The normalized spacial score (nSPS) is 19.3. The highest BCUT2D eigenvalue weighted by atomic mass is 16.7. The monoisotopic (exact) mass is 341 g/mol. The maximum atomic E-state index is 9.31. The van der Waals surface area contributed by atoms with Crippen molar-refractivity contribution >= 4 is 0 Å². The van der Waals surface area contributed by atoms with Gasteiger partial charge in [-0.05, 0) is 42.6 Å². The average Bonchev–Trinajstić information content (AvgIpc) is 3.29. The van der Waals surface area contributed by atoms with Crippen molar-refractivity contribution < 1.29 is 19.3 Å². The molecule has 2 heterocycles. The molecule has 1 unspecified atom stereocenters. The zero-order valence-electron chi connectivity index (χ0n) is 14.2. The SMILES string of the molecule is OCC1CCN(Cc2ccccc2OCc2ccc3c(c2)OCO3)C1. The molecule has 0 amide bonds. The predicted octanol–water partition coefficient (Wildman–Crippen LogP) is 2.81. The molecule has 2 aliphatic heterocycles. The molecule has 5 nitrogen and oxygen atoms in total. The van der Waals surface area contributed by atoms with E-state index in [0.29, 0.717) is 12.5 Å². The van der Waals surface area contributed by atoms with Crippen LogP contribution >= 0.6 is 0 Å². The van der Waals surface area contributed by atoms with Gasteiger partial charge in [-0.1, -0.05) is 24.3 Å². The number of nitrogens with zero attached hydrogens (tertiary/aromatic N) is 1. The first-order valence-electron chi connectivity index (χ1n) is 8.74. The molecule has 25 heavy (non-hydrogen) atoms. The molecular weight excluding hydrogens is 318 g/mol. The van der Waals surface area contributed by atoms with Crippen LogP contribution in [0.2, 0.25) is 0 Å². The van der Waals surface area contributed by atoms with E-state index in [1.807, 2.05) is 36.4 Å². The Morgan fingerprint density at radius 3 is 2.88 bits per heavy atom. The first-order chi connectivity index (χ1) is 12.3. The topological polar surface area (TPSA) is 51.2 Å². The zero-order chi connectivity index (χ0) is 17.1. The average molecular weight is 341 g/mol. The van der Waals surface area contributed by atoms with Gasteiger partial charge in [0.2, 0.25) is 6.79 Å². The second-order valence-corrected chi connectivity index (χ2v) is 6.66. The second-order valence-electron chi connectivity index (χ2n) is 6.66. The minimum atomic E-state index is 0.277. The minimum Gasteiger partial charge on any atom is -0.489 e. The summed E-state index contributed by atoms with van der Waals surface area (Å²) in [5.74, 6) is 2.88. The molecule has 0 aliphatic carbocycles. The third-order valence-corrected chi connectivity index (χ3v) is 4.83. The number of fused-ring (bicyclic) bond motifs is 1. The lowest BCUT2D eigenvalue weighted by Gasteiger charge is -2.18. The number of hydrogen-bond donors (Lipinski definition) is 1. The smallest absolute Gasteiger partial charge is 0.231 e. The molecule has 132 valence electrons. The zero-order valence-corrected chi connectivity index (χ0v) is 14.2. The summed E-state index contributed by atoms with van der Waals surface area (Å²) in [6.07, 6.45) is 1.07. The highest BCUT2D eigenvalue weighted by Gasteiger charge is 2.22. The molecule has 0 radical (unpaired) electrons. The lowest BCUT2D eigenvalue weighted by atomic mass is 10.1. The summed E-state index contributed by atoms with van der Waals surface area (Å²) in [5.41, 5.74) is 2.24. The van der Waals surface area contributed by atoms with Crippen LogP contribution in [0.15, 0.2) is 42.5 Å². The van der Waals surface area contributed by atoms with Crippen molar-refractivity contribution in [3.8, 4) is 17.2 Å². The molecule has 0 bridgehead atoms. The van der Waals surface area contributed by atoms with E-state index in [0.717, 1.165) is 48.9 Å². The van der Waals surface area contributed by atoms with Gasteiger partial charge in [-0.15, -0.1) is 0 Å². The molecule has 2 aromatic carbocycles. The third kappa shape index (κ3) is 3.72. The van der Waals surface area contributed by atoms with Crippen molar-refractivity contribution in [2.45, 2.75) is 19.6 Å². The highest BCUT2D eigenvalue weighted by Crippen LogP contribution is 2.33. The maximum Gasteiger partial charge on any atom is 0.231 e. The molecule has 2 aromatic rings. The minimum absolute atomic E-state index is 0.277. The quantitative estimate of drug-likeness (QED) is 0.876. The molecule has 0 aromatic heterocycles. The van der Waals surface area contributed by atoms with E-state index < -0.39 is 0 Å². The van der Waals surface area contributed by atoms with Gasteiger partial charge in [0, 0.05) is 25.3 Å². The molecule has 1 N–H and O–H groups in total. The standard InChI is InChI=1S/C20H23NO4/c22-12-16-7-8-21(10-16)11-17-3-1-2-4-18(17)23-13-15-5-6-19-20(9-15)25-14-24-19/h1-6,9,16,22H,7-8,10-14H2. The molecule has 0 saturated carbocycles. The lowest BCUT2D eigenvalue weighted by Crippen LogP contribution is -2.21. The first-order valence-corrected chi connectivity index (χ1v) is 8.74. The Kier molecular flexibility index (Phi) is 4.76. The van der Waals surface area contributed by atoms with Gasteiger partial charge in [0.25, 0.3) is 0 Å². The Balaban J connectivity index is 1.41. The van der Waals surface area contributed by atoms with Crippen LogP contribution < -0.4 is 14.2 Å². The van der Waals surface area contributed by atoms with Crippen LogP contribution in [0.25, 0.3) is 0 Å². The van der Waals surface area contributed by atoms with Crippen LogP contribution in [0, 0.1) is 5.92 Å². The Hall–Kier alpha value is -2.24. The van der Waals surface area contributed by atoms with Crippen molar-refractivity contribution in [3.05, 3.63) is 53.6 Å². The second kappa shape index (κ2) is 7.33. The van der Waals surface area contributed by atoms with E-state index in [1.165, 1.54) is 5.56 Å². The lowest BCUT2D eigenvalue weighted by molar-refractivity contribution is 0.174.